The van der Waals surface area contributed by atoms with Crippen LogP contribution in [0.1, 0.15) is 13.3 Å². The summed E-state index contributed by atoms with van der Waals surface area (Å²) in [6.07, 6.45) is 0.552. The van der Waals surface area contributed by atoms with Crippen LogP contribution in [-0.4, -0.2) is 26.0 Å². The molecule has 1 heterocycles. The van der Waals surface area contributed by atoms with Crippen LogP contribution < -0.4 is 16.0 Å². The van der Waals surface area contributed by atoms with Crippen LogP contribution >= 0.6 is 0 Å². The Bertz CT molecular complexity index is 498. The van der Waals surface area contributed by atoms with Gasteiger partial charge in [-0.3, -0.25) is 4.79 Å². The molecule has 104 valence electrons. The first kappa shape index (κ1) is 13.6. The number of hydrogen-bond donors (Lipinski definition) is 2. The molecule has 0 aromatic heterocycles. The number of amides is 1. The average Bonchev–Trinajstić information content (AvgIpc) is 2.70. The first-order valence-electron chi connectivity index (χ1n) is 6.09. The van der Waals surface area contributed by atoms with Crippen molar-refractivity contribution in [3.63, 3.8) is 0 Å². The molecule has 19 heavy (non-hydrogen) atoms. The molecule has 1 aliphatic rings. The minimum atomic E-state index is -0.696. The maximum atomic E-state index is 13.8. The van der Waals surface area contributed by atoms with E-state index in [2.05, 4.69) is 5.32 Å². The summed E-state index contributed by atoms with van der Waals surface area (Å²) in [6.45, 7) is 2.51. The Morgan fingerprint density at radius 3 is 2.53 bits per heavy atom. The zero-order chi connectivity index (χ0) is 14.2. The van der Waals surface area contributed by atoms with Gasteiger partial charge < -0.3 is 16.0 Å². The normalized spacial score (nSPS) is 22.6. The van der Waals surface area contributed by atoms with E-state index in [-0.39, 0.29) is 23.8 Å². The molecule has 1 aromatic rings. The number of rotatable bonds is 2. The summed E-state index contributed by atoms with van der Waals surface area (Å²) < 4.78 is 27.7. The maximum Gasteiger partial charge on any atom is 0.227 e. The van der Waals surface area contributed by atoms with E-state index in [0.717, 1.165) is 12.1 Å². The molecule has 6 heteroatoms. The molecule has 1 amide bonds. The Morgan fingerprint density at radius 2 is 2.00 bits per heavy atom. The van der Waals surface area contributed by atoms with E-state index in [1.807, 2.05) is 0 Å². The molecule has 1 aromatic carbocycles. The van der Waals surface area contributed by atoms with Crippen LogP contribution in [0, 0.1) is 17.0 Å². The van der Waals surface area contributed by atoms with Crippen molar-refractivity contribution in [2.75, 3.05) is 30.8 Å². The summed E-state index contributed by atoms with van der Waals surface area (Å²) >= 11 is 0. The van der Waals surface area contributed by atoms with Crippen LogP contribution in [0.5, 0.6) is 0 Å². The highest BCUT2D eigenvalue weighted by molar-refractivity contribution is 5.83. The third-order valence-electron chi connectivity index (χ3n) is 3.60. The Hall–Kier alpha value is -1.85. The number of carbonyl (C=O) groups is 1. The van der Waals surface area contributed by atoms with Crippen molar-refractivity contribution >= 4 is 17.3 Å². The molecule has 3 N–H and O–H groups in total. The Balaban J connectivity index is 2.29. The van der Waals surface area contributed by atoms with Gasteiger partial charge in [0.1, 0.15) is 5.69 Å². The Labute approximate surface area is 110 Å². The summed E-state index contributed by atoms with van der Waals surface area (Å²) in [5, 5.41) is 2.58. The maximum absolute atomic E-state index is 13.8. The number of nitrogens with one attached hydrogen (secondary N) is 1. The van der Waals surface area contributed by atoms with Crippen molar-refractivity contribution in [1.82, 2.24) is 5.32 Å². The monoisotopic (exact) mass is 269 g/mol. The van der Waals surface area contributed by atoms with E-state index in [1.54, 1.807) is 18.9 Å². The van der Waals surface area contributed by atoms with Crippen molar-refractivity contribution in [3.05, 3.63) is 23.8 Å². The van der Waals surface area contributed by atoms with E-state index >= 15 is 0 Å². The van der Waals surface area contributed by atoms with Gasteiger partial charge in [-0.2, -0.15) is 0 Å². The van der Waals surface area contributed by atoms with Gasteiger partial charge in [-0.25, -0.2) is 8.78 Å². The lowest BCUT2D eigenvalue weighted by Crippen LogP contribution is -2.39. The van der Waals surface area contributed by atoms with Gasteiger partial charge in [0.25, 0.3) is 0 Å². The fraction of sp³-hybridized carbons (Fsp3) is 0.462. The second kappa shape index (κ2) is 4.68. The fourth-order valence-corrected chi connectivity index (χ4v) is 2.53. The van der Waals surface area contributed by atoms with Gasteiger partial charge in [0, 0.05) is 25.8 Å². The van der Waals surface area contributed by atoms with E-state index in [0.29, 0.717) is 13.0 Å². The molecular weight excluding hydrogens is 252 g/mol. The number of benzene rings is 1. The van der Waals surface area contributed by atoms with Crippen LogP contribution in [0.4, 0.5) is 20.2 Å². The van der Waals surface area contributed by atoms with Gasteiger partial charge in [0.2, 0.25) is 5.91 Å². The van der Waals surface area contributed by atoms with E-state index < -0.39 is 17.0 Å². The van der Waals surface area contributed by atoms with E-state index in [4.69, 9.17) is 5.73 Å². The molecule has 0 radical (unpaired) electrons. The Kier molecular flexibility index (Phi) is 3.34. The van der Waals surface area contributed by atoms with Gasteiger partial charge in [0.05, 0.1) is 5.41 Å². The molecule has 1 fully saturated rings. The van der Waals surface area contributed by atoms with Crippen LogP contribution in [0.15, 0.2) is 12.1 Å². The molecule has 1 unspecified atom stereocenters. The number of nitrogen functional groups attached to an aromatic ring is 1. The molecule has 1 aliphatic heterocycles. The number of halogens is 2. The van der Waals surface area contributed by atoms with Gasteiger partial charge in [0.15, 0.2) is 11.6 Å². The standard InChI is InChI=1S/C13H17F2N3O/c1-13(12(19)17-2)3-4-18(7-13)11-9(14)5-8(16)6-10(11)15/h5-6H,3-4,7,16H2,1-2H3,(H,17,19). The van der Waals surface area contributed by atoms with Gasteiger partial charge in [-0.15, -0.1) is 0 Å². The third kappa shape index (κ3) is 2.34. The summed E-state index contributed by atoms with van der Waals surface area (Å²) in [4.78, 5) is 13.3. The predicted molar refractivity (Wildman–Crippen MR) is 69.8 cm³/mol. The second-order valence-electron chi connectivity index (χ2n) is 5.14. The van der Waals surface area contributed by atoms with Crippen LogP contribution in [0.25, 0.3) is 0 Å². The number of hydrogen-bond acceptors (Lipinski definition) is 3. The van der Waals surface area contributed by atoms with Crippen LogP contribution in [-0.2, 0) is 4.79 Å². The highest BCUT2D eigenvalue weighted by Crippen LogP contribution is 2.36. The molecule has 0 bridgehead atoms. The zero-order valence-electron chi connectivity index (χ0n) is 11.0. The fourth-order valence-electron chi connectivity index (χ4n) is 2.53. The first-order valence-corrected chi connectivity index (χ1v) is 6.09. The lowest BCUT2D eigenvalue weighted by atomic mass is 9.89. The SMILES string of the molecule is CNC(=O)C1(C)CCN(c2c(F)cc(N)cc2F)C1. The summed E-state index contributed by atoms with van der Waals surface area (Å²) in [5.74, 6) is -1.51. The topological polar surface area (TPSA) is 58.4 Å². The van der Waals surface area contributed by atoms with E-state index in [1.165, 1.54) is 0 Å². The molecule has 1 atom stereocenters. The average molecular weight is 269 g/mol. The summed E-state index contributed by atoms with van der Waals surface area (Å²) in [5.41, 5.74) is 4.70. The third-order valence-corrected chi connectivity index (χ3v) is 3.60. The van der Waals surface area contributed by atoms with Crippen molar-refractivity contribution in [3.8, 4) is 0 Å². The Morgan fingerprint density at radius 1 is 1.42 bits per heavy atom. The molecule has 2 rings (SSSR count). The number of anilines is 2. The van der Waals surface area contributed by atoms with Crippen LogP contribution in [0.3, 0.4) is 0 Å². The lowest BCUT2D eigenvalue weighted by molar-refractivity contribution is -0.128. The molecule has 4 nitrogen and oxygen atoms in total. The molecule has 0 aliphatic carbocycles. The second-order valence-corrected chi connectivity index (χ2v) is 5.14. The number of carbonyl (C=O) groups excluding carboxylic acids is 1. The molecule has 1 saturated heterocycles. The highest BCUT2D eigenvalue weighted by Gasteiger charge is 2.41. The molecule has 0 spiro atoms. The van der Waals surface area contributed by atoms with Gasteiger partial charge >= 0.3 is 0 Å². The molecule has 0 saturated carbocycles. The van der Waals surface area contributed by atoms with E-state index in [9.17, 15) is 13.6 Å². The first-order chi connectivity index (χ1) is 8.87. The summed E-state index contributed by atoms with van der Waals surface area (Å²) in [7, 11) is 1.56. The number of nitrogens with zero attached hydrogens (tertiary/aromatic N) is 1. The van der Waals surface area contributed by atoms with Crippen LogP contribution in [0.2, 0.25) is 0 Å². The van der Waals surface area contributed by atoms with Gasteiger partial charge in [-0.05, 0) is 25.5 Å². The zero-order valence-corrected chi connectivity index (χ0v) is 11.0. The highest BCUT2D eigenvalue weighted by atomic mass is 19.1. The summed E-state index contributed by atoms with van der Waals surface area (Å²) in [6, 6.07) is 2.18. The minimum Gasteiger partial charge on any atom is -0.399 e. The quantitative estimate of drug-likeness (QED) is 0.800. The largest absolute Gasteiger partial charge is 0.399 e. The van der Waals surface area contributed by atoms with Gasteiger partial charge in [-0.1, -0.05) is 0 Å². The van der Waals surface area contributed by atoms with Crippen molar-refractivity contribution in [1.29, 1.82) is 0 Å². The number of nitrogens with two attached hydrogens (primary N) is 1. The van der Waals surface area contributed by atoms with Crippen molar-refractivity contribution in [2.45, 2.75) is 13.3 Å². The van der Waals surface area contributed by atoms with Crippen molar-refractivity contribution in [2.24, 2.45) is 5.41 Å². The van der Waals surface area contributed by atoms with Crippen molar-refractivity contribution < 1.29 is 13.6 Å². The molecular formula is C13H17F2N3O. The lowest BCUT2D eigenvalue weighted by Gasteiger charge is -2.24. The minimum absolute atomic E-state index is 0.0482. The predicted octanol–water partition coefficient (Wildman–Crippen LogP) is 1.51. The smallest absolute Gasteiger partial charge is 0.227 e.